The molecule has 3 aliphatic rings. The van der Waals surface area contributed by atoms with Crippen molar-refractivity contribution < 1.29 is 0 Å². The van der Waals surface area contributed by atoms with Crippen LogP contribution >= 0.6 is 0 Å². The van der Waals surface area contributed by atoms with E-state index in [0.717, 1.165) is 17.1 Å². The molecule has 52 heavy (non-hydrogen) atoms. The lowest BCUT2D eigenvalue weighted by atomic mass is 9.82. The Morgan fingerprint density at radius 3 is 1.48 bits per heavy atom. The summed E-state index contributed by atoms with van der Waals surface area (Å²) in [4.78, 5) is 2.46. The molecule has 0 heterocycles. The topological polar surface area (TPSA) is 3.24 Å². The molecule has 11 rings (SSSR count). The van der Waals surface area contributed by atoms with Gasteiger partial charge < -0.3 is 4.90 Å². The number of rotatable bonds is 4. The van der Waals surface area contributed by atoms with Crippen LogP contribution in [0, 0.1) is 0 Å². The zero-order chi connectivity index (χ0) is 34.6. The Morgan fingerprint density at radius 2 is 0.769 bits per heavy atom. The molecule has 0 saturated heterocycles. The van der Waals surface area contributed by atoms with Gasteiger partial charge in [-0.2, -0.15) is 0 Å². The van der Waals surface area contributed by atoms with Crippen molar-refractivity contribution in [2.24, 2.45) is 0 Å². The summed E-state index contributed by atoms with van der Waals surface area (Å²) < 4.78 is 0. The second-order valence-corrected chi connectivity index (χ2v) is 14.9. The Labute approximate surface area is 305 Å². The second-order valence-electron chi connectivity index (χ2n) is 14.9. The third-order valence-electron chi connectivity index (χ3n) is 11.8. The van der Waals surface area contributed by atoms with E-state index in [-0.39, 0.29) is 5.41 Å². The van der Waals surface area contributed by atoms with Gasteiger partial charge in [-0.1, -0.05) is 153 Å². The first-order valence-corrected chi connectivity index (χ1v) is 18.3. The van der Waals surface area contributed by atoms with Gasteiger partial charge in [0.15, 0.2) is 0 Å². The normalized spacial score (nSPS) is 13.3. The van der Waals surface area contributed by atoms with E-state index in [9.17, 15) is 0 Å². The highest BCUT2D eigenvalue weighted by Gasteiger charge is 2.36. The molecule has 0 fully saturated rings. The van der Waals surface area contributed by atoms with Gasteiger partial charge >= 0.3 is 0 Å². The molecule has 0 unspecified atom stereocenters. The van der Waals surface area contributed by atoms with Crippen molar-refractivity contribution in [1.29, 1.82) is 0 Å². The predicted molar refractivity (Wildman–Crippen MR) is 218 cm³/mol. The molecule has 6 bridgehead atoms. The molecule has 0 aliphatic heterocycles. The zero-order valence-corrected chi connectivity index (χ0v) is 29.2. The fraction of sp³-hybridized carbons (Fsp3) is 0.0588. The summed E-state index contributed by atoms with van der Waals surface area (Å²) in [7, 11) is 0. The molecule has 1 heteroatoms. The van der Waals surface area contributed by atoms with Gasteiger partial charge in [0.05, 0.1) is 0 Å². The van der Waals surface area contributed by atoms with Gasteiger partial charge in [0.25, 0.3) is 0 Å². The van der Waals surface area contributed by atoms with E-state index >= 15 is 0 Å². The van der Waals surface area contributed by atoms with Crippen molar-refractivity contribution in [3.63, 3.8) is 0 Å². The number of hydrogen-bond donors (Lipinski definition) is 0. The summed E-state index contributed by atoms with van der Waals surface area (Å²) in [5, 5.41) is 0. The standard InChI is InChI=1S/C51H35N/c1-51(2)47-21-9-8-15-39(47)40-29-27-36(31-48(40)51)52(34-24-22-33(23-25-34)32-12-4-3-5-13-32)35-26-28-38-43-18-11-19-44-45-20-10-17-42(50(45)46(38)30-35)37-14-6-7-16-41(37)49(43)44/h3-31H,1-2H3. The number of hydrogen-bond acceptors (Lipinski definition) is 1. The highest BCUT2D eigenvalue weighted by atomic mass is 15.1. The van der Waals surface area contributed by atoms with Gasteiger partial charge in [0.2, 0.25) is 0 Å². The highest BCUT2D eigenvalue weighted by Crippen LogP contribution is 2.58. The summed E-state index contributed by atoms with van der Waals surface area (Å²) in [6.07, 6.45) is 0. The minimum absolute atomic E-state index is 0.100. The lowest BCUT2D eigenvalue weighted by Gasteiger charge is -2.29. The van der Waals surface area contributed by atoms with E-state index in [4.69, 9.17) is 0 Å². The average molecular weight is 662 g/mol. The second kappa shape index (κ2) is 10.8. The molecule has 0 radical (unpaired) electrons. The van der Waals surface area contributed by atoms with Crippen molar-refractivity contribution in [2.45, 2.75) is 19.3 Å². The molecule has 8 aromatic rings. The first-order chi connectivity index (χ1) is 25.6. The van der Waals surface area contributed by atoms with Gasteiger partial charge in [-0.25, -0.2) is 0 Å². The minimum Gasteiger partial charge on any atom is -0.310 e. The van der Waals surface area contributed by atoms with Crippen LogP contribution in [0.15, 0.2) is 176 Å². The molecular weight excluding hydrogens is 627 g/mol. The fourth-order valence-electron chi connectivity index (χ4n) is 9.34. The predicted octanol–water partition coefficient (Wildman–Crippen LogP) is 14.1. The third-order valence-corrected chi connectivity index (χ3v) is 11.8. The average Bonchev–Trinajstić information content (AvgIpc) is 3.36. The van der Waals surface area contributed by atoms with Gasteiger partial charge in [0.1, 0.15) is 0 Å². The quantitative estimate of drug-likeness (QED) is 0.181. The summed E-state index contributed by atoms with van der Waals surface area (Å²) in [6.45, 7) is 4.73. The van der Waals surface area contributed by atoms with Crippen LogP contribution in [0.4, 0.5) is 17.1 Å². The Bertz CT molecular complexity index is 2730. The van der Waals surface area contributed by atoms with Gasteiger partial charge in [0, 0.05) is 22.5 Å². The fourth-order valence-corrected chi connectivity index (χ4v) is 9.34. The lowest BCUT2D eigenvalue weighted by Crippen LogP contribution is -2.16. The van der Waals surface area contributed by atoms with E-state index in [2.05, 4.69) is 195 Å². The molecule has 1 nitrogen and oxygen atoms in total. The maximum Gasteiger partial charge on any atom is 0.0468 e. The van der Waals surface area contributed by atoms with Crippen LogP contribution in [-0.2, 0) is 5.41 Å². The van der Waals surface area contributed by atoms with Crippen molar-refractivity contribution in [3.05, 3.63) is 187 Å². The third kappa shape index (κ3) is 4.05. The SMILES string of the molecule is CC1(C)c2ccccc2-c2ccc(N(c3ccc(-c4ccccc4)cc3)c3ccc4c(c3)-c3c5cccc3-c3cccc-4c3-c3ccccc3-5)cc21. The summed E-state index contributed by atoms with van der Waals surface area (Å²) in [5.74, 6) is 0. The van der Waals surface area contributed by atoms with Gasteiger partial charge in [-0.05, 0) is 125 Å². The summed E-state index contributed by atoms with van der Waals surface area (Å²) >= 11 is 0. The van der Waals surface area contributed by atoms with Gasteiger partial charge in [-0.15, -0.1) is 0 Å². The van der Waals surface area contributed by atoms with Crippen LogP contribution in [0.3, 0.4) is 0 Å². The highest BCUT2D eigenvalue weighted by molar-refractivity contribution is 6.15. The molecule has 0 atom stereocenters. The van der Waals surface area contributed by atoms with Crippen LogP contribution in [0.5, 0.6) is 0 Å². The van der Waals surface area contributed by atoms with Gasteiger partial charge in [-0.3, -0.25) is 0 Å². The van der Waals surface area contributed by atoms with E-state index in [1.54, 1.807) is 0 Å². The van der Waals surface area contributed by atoms with Crippen molar-refractivity contribution in [2.75, 3.05) is 4.90 Å². The largest absolute Gasteiger partial charge is 0.310 e. The smallest absolute Gasteiger partial charge is 0.0468 e. The van der Waals surface area contributed by atoms with Crippen LogP contribution in [0.25, 0.3) is 77.9 Å². The summed E-state index contributed by atoms with van der Waals surface area (Å²) in [6, 6.07) is 65.5. The summed E-state index contributed by atoms with van der Waals surface area (Å²) in [5.41, 5.74) is 24.2. The molecule has 244 valence electrons. The molecule has 0 N–H and O–H groups in total. The van der Waals surface area contributed by atoms with E-state index in [1.165, 1.54) is 89.0 Å². The lowest BCUT2D eigenvalue weighted by molar-refractivity contribution is 0.660. The maximum absolute atomic E-state index is 2.46. The Hall–Kier alpha value is -6.44. The van der Waals surface area contributed by atoms with Crippen LogP contribution in [0.2, 0.25) is 0 Å². The minimum atomic E-state index is -0.100. The number of nitrogens with zero attached hydrogens (tertiary/aromatic N) is 1. The van der Waals surface area contributed by atoms with Crippen LogP contribution in [0.1, 0.15) is 25.0 Å². The Balaban J connectivity index is 1.15. The van der Waals surface area contributed by atoms with Crippen molar-refractivity contribution in [1.82, 2.24) is 0 Å². The van der Waals surface area contributed by atoms with Crippen molar-refractivity contribution in [3.8, 4) is 77.9 Å². The van der Waals surface area contributed by atoms with Crippen molar-refractivity contribution >= 4 is 17.1 Å². The molecule has 8 aromatic carbocycles. The van der Waals surface area contributed by atoms with E-state index < -0.39 is 0 Å². The molecule has 0 aromatic heterocycles. The molecule has 0 saturated carbocycles. The monoisotopic (exact) mass is 661 g/mol. The number of fused-ring (bicyclic) bond motifs is 7. The first kappa shape index (κ1) is 29.3. The van der Waals surface area contributed by atoms with Crippen LogP contribution < -0.4 is 4.90 Å². The van der Waals surface area contributed by atoms with E-state index in [0.29, 0.717) is 0 Å². The Morgan fingerprint density at radius 1 is 0.308 bits per heavy atom. The van der Waals surface area contributed by atoms with E-state index in [1.807, 2.05) is 0 Å². The molecule has 0 amide bonds. The zero-order valence-electron chi connectivity index (χ0n) is 29.2. The number of benzene rings is 8. The first-order valence-electron chi connectivity index (χ1n) is 18.3. The maximum atomic E-state index is 2.46. The molecular formula is C51H35N. The number of anilines is 3. The molecule has 3 aliphatic carbocycles. The molecule has 0 spiro atoms. The Kier molecular flexibility index (Phi) is 6.08. The van der Waals surface area contributed by atoms with Crippen LogP contribution in [-0.4, -0.2) is 0 Å².